The molecule has 0 bridgehead atoms. The number of pyridine rings is 1. The van der Waals surface area contributed by atoms with Crippen LogP contribution < -0.4 is 4.72 Å². The van der Waals surface area contributed by atoms with Crippen LogP contribution in [0.5, 0.6) is 0 Å². The van der Waals surface area contributed by atoms with Crippen LogP contribution in [0.15, 0.2) is 90.0 Å². The Labute approximate surface area is 203 Å². The number of rotatable bonds is 4. The number of nitrogens with zero attached hydrogens (tertiary/aromatic N) is 1. The van der Waals surface area contributed by atoms with Gasteiger partial charge in [-0.2, -0.15) is 0 Å². The zero-order valence-corrected chi connectivity index (χ0v) is 19.6. The van der Waals surface area contributed by atoms with Gasteiger partial charge in [-0.1, -0.05) is 54.3 Å². The number of esters is 1. The van der Waals surface area contributed by atoms with Crippen molar-refractivity contribution >= 4 is 21.7 Å². The van der Waals surface area contributed by atoms with E-state index in [9.17, 15) is 13.2 Å². The van der Waals surface area contributed by atoms with E-state index in [4.69, 9.17) is 0 Å². The van der Waals surface area contributed by atoms with Crippen molar-refractivity contribution in [3.8, 4) is 23.0 Å². The summed E-state index contributed by atoms with van der Waals surface area (Å²) in [7, 11) is -2.54. The third-order valence-corrected chi connectivity index (χ3v) is 7.11. The van der Waals surface area contributed by atoms with Crippen molar-refractivity contribution in [2.45, 2.75) is 11.3 Å². The first-order chi connectivity index (χ1) is 16.9. The van der Waals surface area contributed by atoms with Crippen LogP contribution in [0.25, 0.3) is 11.1 Å². The maximum Gasteiger partial charge on any atom is 0.356 e. The molecule has 0 amide bonds. The Bertz CT molecular complexity index is 1620. The summed E-state index contributed by atoms with van der Waals surface area (Å²) < 4.78 is 33.8. The second-order valence-corrected chi connectivity index (χ2v) is 9.66. The molecular weight excluding hydrogens is 460 g/mol. The first-order valence-electron chi connectivity index (χ1n) is 10.8. The summed E-state index contributed by atoms with van der Waals surface area (Å²) in [5.74, 6) is 5.41. The summed E-state index contributed by atoms with van der Waals surface area (Å²) in [5, 5.41) is 0. The SMILES string of the molecule is COC(=O)c1ccc(C#Cc2ccccc2NS(=O)(=O)c2ccc3c(c2)Cc2ccccc2-3)cn1. The number of carbonyl (C=O) groups excluding carboxylic acids is 1. The van der Waals surface area contributed by atoms with Crippen LogP contribution in [-0.4, -0.2) is 26.5 Å². The van der Waals surface area contributed by atoms with Crippen LogP contribution in [-0.2, 0) is 21.2 Å². The zero-order valence-electron chi connectivity index (χ0n) is 18.8. The Morgan fingerprint density at radius 2 is 1.69 bits per heavy atom. The van der Waals surface area contributed by atoms with E-state index in [-0.39, 0.29) is 10.6 Å². The summed E-state index contributed by atoms with van der Waals surface area (Å²) in [6, 6.07) is 23.5. The Kier molecular flexibility index (Phi) is 5.81. The van der Waals surface area contributed by atoms with Gasteiger partial charge in [-0.05, 0) is 65.1 Å². The number of nitrogens with one attached hydrogen (secondary N) is 1. The number of ether oxygens (including phenoxy) is 1. The Hall–Kier alpha value is -4.41. The molecule has 0 fully saturated rings. The number of benzene rings is 3. The van der Waals surface area contributed by atoms with Gasteiger partial charge in [-0.15, -0.1) is 0 Å². The smallest absolute Gasteiger partial charge is 0.356 e. The van der Waals surface area contributed by atoms with Gasteiger partial charge in [0.1, 0.15) is 5.69 Å². The van der Waals surface area contributed by atoms with Crippen LogP contribution in [0.2, 0.25) is 0 Å². The normalized spacial score (nSPS) is 11.6. The molecular formula is C28H20N2O4S. The summed E-state index contributed by atoms with van der Waals surface area (Å²) in [6.45, 7) is 0. The van der Waals surface area contributed by atoms with E-state index < -0.39 is 16.0 Å². The molecule has 0 aliphatic heterocycles. The topological polar surface area (TPSA) is 85.4 Å². The molecule has 3 aromatic carbocycles. The molecule has 35 heavy (non-hydrogen) atoms. The van der Waals surface area contributed by atoms with E-state index in [1.54, 1.807) is 42.5 Å². The highest BCUT2D eigenvalue weighted by molar-refractivity contribution is 7.92. The molecule has 1 heterocycles. The minimum atomic E-state index is -3.83. The standard InChI is InChI=1S/C28H20N2O4S/c1-34-28(31)27-15-11-19(18-29-27)10-12-20-6-3-5-9-26(20)30-35(32,33)23-13-14-25-22(17-23)16-21-7-2-4-8-24(21)25/h2-9,11,13-15,17-18,30H,16H2,1H3. The van der Waals surface area contributed by atoms with Crippen LogP contribution in [0.1, 0.15) is 32.7 Å². The van der Waals surface area contributed by atoms with Gasteiger partial charge >= 0.3 is 5.97 Å². The van der Waals surface area contributed by atoms with Crippen molar-refractivity contribution in [1.82, 2.24) is 4.98 Å². The Morgan fingerprint density at radius 1 is 0.914 bits per heavy atom. The zero-order chi connectivity index (χ0) is 24.4. The number of methoxy groups -OCH3 is 1. The van der Waals surface area contributed by atoms with E-state index in [0.29, 0.717) is 23.2 Å². The van der Waals surface area contributed by atoms with Crippen LogP contribution in [0, 0.1) is 11.8 Å². The summed E-state index contributed by atoms with van der Waals surface area (Å²) in [5.41, 5.74) is 6.05. The molecule has 0 unspecified atom stereocenters. The van der Waals surface area contributed by atoms with Gasteiger partial charge in [-0.3, -0.25) is 4.72 Å². The fourth-order valence-corrected chi connectivity index (χ4v) is 5.14. The van der Waals surface area contributed by atoms with E-state index in [1.807, 2.05) is 18.2 Å². The van der Waals surface area contributed by atoms with E-state index in [0.717, 1.165) is 16.7 Å². The average Bonchev–Trinajstić information content (AvgIpc) is 3.26. The number of para-hydroxylation sites is 1. The Balaban J connectivity index is 1.40. The molecule has 0 spiro atoms. The lowest BCUT2D eigenvalue weighted by Gasteiger charge is -2.11. The Morgan fingerprint density at radius 3 is 2.49 bits per heavy atom. The van der Waals surface area contributed by atoms with Gasteiger partial charge in [0.15, 0.2) is 0 Å². The molecule has 1 aliphatic rings. The number of fused-ring (bicyclic) bond motifs is 3. The summed E-state index contributed by atoms with van der Waals surface area (Å²) in [6.07, 6.45) is 2.17. The molecule has 7 heteroatoms. The third kappa shape index (κ3) is 4.52. The lowest BCUT2D eigenvalue weighted by Crippen LogP contribution is -2.14. The second kappa shape index (κ2) is 9.09. The highest BCUT2D eigenvalue weighted by Gasteiger charge is 2.22. The molecule has 1 aromatic heterocycles. The van der Waals surface area contributed by atoms with E-state index in [1.165, 1.54) is 24.9 Å². The summed E-state index contributed by atoms with van der Waals surface area (Å²) >= 11 is 0. The number of hydrogen-bond acceptors (Lipinski definition) is 5. The number of carbonyl (C=O) groups is 1. The van der Waals surface area contributed by atoms with Crippen LogP contribution in [0.4, 0.5) is 5.69 Å². The quantitative estimate of drug-likeness (QED) is 0.299. The molecule has 0 atom stereocenters. The van der Waals surface area contributed by atoms with Gasteiger partial charge in [0.2, 0.25) is 0 Å². The molecule has 0 saturated heterocycles. The van der Waals surface area contributed by atoms with Gasteiger partial charge < -0.3 is 4.74 Å². The van der Waals surface area contributed by atoms with E-state index >= 15 is 0 Å². The fourth-order valence-electron chi connectivity index (χ4n) is 4.01. The maximum atomic E-state index is 13.2. The van der Waals surface area contributed by atoms with Gasteiger partial charge in [-0.25, -0.2) is 18.2 Å². The number of aromatic nitrogens is 1. The minimum Gasteiger partial charge on any atom is -0.464 e. The highest BCUT2D eigenvalue weighted by Crippen LogP contribution is 2.37. The first-order valence-corrected chi connectivity index (χ1v) is 12.3. The lowest BCUT2D eigenvalue weighted by molar-refractivity contribution is 0.0594. The van der Waals surface area contributed by atoms with Crippen molar-refractivity contribution in [2.24, 2.45) is 0 Å². The van der Waals surface area contributed by atoms with Gasteiger partial charge in [0.25, 0.3) is 10.0 Å². The molecule has 0 saturated carbocycles. The van der Waals surface area contributed by atoms with Crippen molar-refractivity contribution < 1.29 is 17.9 Å². The number of sulfonamides is 1. The van der Waals surface area contributed by atoms with Gasteiger partial charge in [0, 0.05) is 17.3 Å². The lowest BCUT2D eigenvalue weighted by atomic mass is 10.1. The molecule has 4 aromatic rings. The van der Waals surface area contributed by atoms with Crippen LogP contribution >= 0.6 is 0 Å². The molecule has 0 radical (unpaired) electrons. The van der Waals surface area contributed by atoms with Crippen molar-refractivity contribution in [3.63, 3.8) is 0 Å². The number of hydrogen-bond donors (Lipinski definition) is 1. The van der Waals surface area contributed by atoms with E-state index in [2.05, 4.69) is 38.4 Å². The average molecular weight is 481 g/mol. The maximum absolute atomic E-state index is 13.2. The minimum absolute atomic E-state index is 0.184. The summed E-state index contributed by atoms with van der Waals surface area (Å²) in [4.78, 5) is 15.8. The monoisotopic (exact) mass is 480 g/mol. The third-order valence-electron chi connectivity index (χ3n) is 5.75. The predicted molar refractivity (Wildman–Crippen MR) is 133 cm³/mol. The molecule has 1 N–H and O–H groups in total. The predicted octanol–water partition coefficient (Wildman–Crippen LogP) is 4.64. The van der Waals surface area contributed by atoms with Crippen molar-refractivity contribution in [1.29, 1.82) is 0 Å². The largest absolute Gasteiger partial charge is 0.464 e. The fraction of sp³-hybridized carbons (Fsp3) is 0.0714. The van der Waals surface area contributed by atoms with Crippen molar-refractivity contribution in [3.05, 3.63) is 113 Å². The van der Waals surface area contributed by atoms with Gasteiger partial charge in [0.05, 0.1) is 17.7 Å². The molecule has 172 valence electrons. The second-order valence-electron chi connectivity index (χ2n) is 7.98. The first kappa shape index (κ1) is 22.4. The van der Waals surface area contributed by atoms with Crippen LogP contribution in [0.3, 0.4) is 0 Å². The number of anilines is 1. The van der Waals surface area contributed by atoms with Crippen molar-refractivity contribution in [2.75, 3.05) is 11.8 Å². The molecule has 1 aliphatic carbocycles. The molecule has 6 nitrogen and oxygen atoms in total. The molecule has 5 rings (SSSR count). The highest BCUT2D eigenvalue weighted by atomic mass is 32.2.